The summed E-state index contributed by atoms with van der Waals surface area (Å²) in [6, 6.07) is 19.5. The molecule has 1 heterocycles. The Morgan fingerprint density at radius 1 is 0.969 bits per heavy atom. The topological polar surface area (TPSA) is 74.0 Å². The van der Waals surface area contributed by atoms with Gasteiger partial charge in [-0.1, -0.05) is 54.1 Å². The lowest BCUT2D eigenvalue weighted by Crippen LogP contribution is -2.47. The second-order valence-corrected chi connectivity index (χ2v) is 7.82. The molecule has 5 nitrogen and oxygen atoms in total. The molecule has 0 saturated carbocycles. The Kier molecular flexibility index (Phi) is 6.52. The zero-order chi connectivity index (χ0) is 22.5. The molecule has 0 fully saturated rings. The van der Waals surface area contributed by atoms with Crippen molar-refractivity contribution in [1.82, 2.24) is 15.6 Å². The summed E-state index contributed by atoms with van der Waals surface area (Å²) in [4.78, 5) is 29.1. The van der Waals surface area contributed by atoms with Crippen molar-refractivity contribution in [3.63, 3.8) is 0 Å². The fraction of sp³-hybridized carbons (Fsp3) is 0.120. The van der Waals surface area contributed by atoms with Crippen LogP contribution >= 0.6 is 11.6 Å². The van der Waals surface area contributed by atoms with Gasteiger partial charge in [-0.3, -0.25) is 9.59 Å². The number of para-hydroxylation sites is 1. The van der Waals surface area contributed by atoms with E-state index in [9.17, 15) is 14.0 Å². The zero-order valence-corrected chi connectivity index (χ0v) is 17.8. The average Bonchev–Trinajstić information content (AvgIpc) is 3.21. The van der Waals surface area contributed by atoms with Crippen LogP contribution in [0.4, 0.5) is 4.39 Å². The molecule has 1 atom stereocenters. The first-order chi connectivity index (χ1) is 15.5. The first kappa shape index (κ1) is 21.6. The van der Waals surface area contributed by atoms with Crippen molar-refractivity contribution >= 4 is 34.3 Å². The highest BCUT2D eigenvalue weighted by Gasteiger charge is 2.24. The van der Waals surface area contributed by atoms with Crippen molar-refractivity contribution in [2.75, 3.05) is 0 Å². The van der Waals surface area contributed by atoms with Gasteiger partial charge in [-0.05, 0) is 41.5 Å². The predicted octanol–water partition coefficient (Wildman–Crippen LogP) is 4.62. The Balaban J connectivity index is 1.55. The maximum atomic E-state index is 13.1. The summed E-state index contributed by atoms with van der Waals surface area (Å²) in [6.07, 6.45) is 2.13. The van der Waals surface area contributed by atoms with Gasteiger partial charge in [0.15, 0.2) is 0 Å². The van der Waals surface area contributed by atoms with E-state index in [-0.39, 0.29) is 24.7 Å². The molecular weight excluding hydrogens is 429 g/mol. The lowest BCUT2D eigenvalue weighted by molar-refractivity contribution is -0.123. The maximum Gasteiger partial charge on any atom is 0.253 e. The van der Waals surface area contributed by atoms with Gasteiger partial charge in [-0.25, -0.2) is 4.39 Å². The number of halogens is 2. The molecule has 4 rings (SSSR count). The third kappa shape index (κ3) is 4.98. The van der Waals surface area contributed by atoms with Crippen LogP contribution in [-0.2, 0) is 17.8 Å². The van der Waals surface area contributed by atoms with Gasteiger partial charge in [0, 0.05) is 30.1 Å². The van der Waals surface area contributed by atoms with Crippen LogP contribution in [0.15, 0.2) is 79.0 Å². The molecular formula is C25H21ClFN3O2. The summed E-state index contributed by atoms with van der Waals surface area (Å²) in [6.45, 7) is 0.214. The van der Waals surface area contributed by atoms with E-state index in [1.54, 1.807) is 36.4 Å². The fourth-order valence-electron chi connectivity index (χ4n) is 3.53. The first-order valence-electron chi connectivity index (χ1n) is 10.1. The molecule has 0 radical (unpaired) electrons. The molecule has 0 aliphatic rings. The van der Waals surface area contributed by atoms with Gasteiger partial charge < -0.3 is 15.6 Å². The summed E-state index contributed by atoms with van der Waals surface area (Å²) in [7, 11) is 0. The number of carbonyl (C=O) groups is 2. The van der Waals surface area contributed by atoms with Crippen LogP contribution in [0.25, 0.3) is 10.9 Å². The summed E-state index contributed by atoms with van der Waals surface area (Å²) < 4.78 is 13.1. The van der Waals surface area contributed by atoms with Crippen LogP contribution < -0.4 is 10.6 Å². The van der Waals surface area contributed by atoms with Crippen molar-refractivity contribution in [1.29, 1.82) is 0 Å². The molecule has 0 bridgehead atoms. The number of hydrogen-bond acceptors (Lipinski definition) is 2. The average molecular weight is 450 g/mol. The van der Waals surface area contributed by atoms with Gasteiger partial charge in [0.2, 0.25) is 5.91 Å². The van der Waals surface area contributed by atoms with E-state index in [4.69, 9.17) is 11.6 Å². The van der Waals surface area contributed by atoms with Crippen LogP contribution in [0.2, 0.25) is 5.02 Å². The minimum absolute atomic E-state index is 0.214. The number of nitrogens with one attached hydrogen (secondary N) is 3. The molecule has 0 spiro atoms. The van der Waals surface area contributed by atoms with E-state index in [1.165, 1.54) is 12.1 Å². The SMILES string of the molecule is O=C(N[C@@H](Cc1c[nH]c2ccccc12)C(=O)NCc1ccc(F)cc1)c1ccccc1Cl. The van der Waals surface area contributed by atoms with Crippen LogP contribution in [0, 0.1) is 5.82 Å². The molecule has 3 aromatic carbocycles. The lowest BCUT2D eigenvalue weighted by atomic mass is 10.0. The zero-order valence-electron chi connectivity index (χ0n) is 17.1. The van der Waals surface area contributed by atoms with Crippen molar-refractivity contribution in [3.8, 4) is 0 Å². The Morgan fingerprint density at radius 3 is 2.47 bits per heavy atom. The van der Waals surface area contributed by atoms with E-state index in [0.29, 0.717) is 10.6 Å². The molecule has 1 aromatic heterocycles. The summed E-state index contributed by atoms with van der Waals surface area (Å²) in [5.41, 5.74) is 2.90. The number of fused-ring (bicyclic) bond motifs is 1. The van der Waals surface area contributed by atoms with E-state index < -0.39 is 11.9 Å². The maximum absolute atomic E-state index is 13.1. The number of benzene rings is 3. The minimum atomic E-state index is -0.835. The quantitative estimate of drug-likeness (QED) is 0.385. The monoisotopic (exact) mass is 449 g/mol. The van der Waals surface area contributed by atoms with Crippen LogP contribution in [0.1, 0.15) is 21.5 Å². The highest BCUT2D eigenvalue weighted by atomic mass is 35.5. The van der Waals surface area contributed by atoms with E-state index in [1.807, 2.05) is 30.5 Å². The van der Waals surface area contributed by atoms with Gasteiger partial charge in [0.25, 0.3) is 5.91 Å². The highest BCUT2D eigenvalue weighted by molar-refractivity contribution is 6.33. The predicted molar refractivity (Wildman–Crippen MR) is 123 cm³/mol. The molecule has 0 aliphatic heterocycles. The minimum Gasteiger partial charge on any atom is -0.361 e. The summed E-state index contributed by atoms with van der Waals surface area (Å²) in [5.74, 6) is -1.12. The van der Waals surface area contributed by atoms with E-state index in [2.05, 4.69) is 15.6 Å². The number of aromatic amines is 1. The summed E-state index contributed by atoms with van der Waals surface area (Å²) in [5, 5.41) is 6.93. The lowest BCUT2D eigenvalue weighted by Gasteiger charge is -2.19. The fourth-order valence-corrected chi connectivity index (χ4v) is 3.75. The molecule has 2 amide bonds. The molecule has 0 aliphatic carbocycles. The highest BCUT2D eigenvalue weighted by Crippen LogP contribution is 2.20. The number of rotatable bonds is 7. The van der Waals surface area contributed by atoms with E-state index in [0.717, 1.165) is 22.0 Å². The summed E-state index contributed by atoms with van der Waals surface area (Å²) >= 11 is 6.16. The standard InChI is InChI=1S/C25H21ClFN3O2/c26-21-7-3-1-6-20(21)24(31)30-23(13-17-15-28-22-8-4-2-5-19(17)22)25(32)29-14-16-9-11-18(27)12-10-16/h1-12,15,23,28H,13-14H2,(H,29,32)(H,30,31)/t23-/m0/s1. The van der Waals surface area contributed by atoms with Crippen LogP contribution in [0.3, 0.4) is 0 Å². The second-order valence-electron chi connectivity index (χ2n) is 7.41. The largest absolute Gasteiger partial charge is 0.361 e. The van der Waals surface area contributed by atoms with Gasteiger partial charge in [0.05, 0.1) is 10.6 Å². The number of amides is 2. The number of carbonyl (C=O) groups excluding carboxylic acids is 2. The van der Waals surface area contributed by atoms with E-state index >= 15 is 0 Å². The Labute approximate surface area is 189 Å². The van der Waals surface area contributed by atoms with Crippen molar-refractivity contribution in [3.05, 3.63) is 107 Å². The second kappa shape index (κ2) is 9.66. The Bertz CT molecular complexity index is 1250. The van der Waals surface area contributed by atoms with Crippen LogP contribution in [0.5, 0.6) is 0 Å². The third-order valence-electron chi connectivity index (χ3n) is 5.22. The molecule has 32 heavy (non-hydrogen) atoms. The molecule has 0 unspecified atom stereocenters. The Hall–Kier alpha value is -3.64. The van der Waals surface area contributed by atoms with Crippen LogP contribution in [-0.4, -0.2) is 22.8 Å². The number of aromatic nitrogens is 1. The molecule has 7 heteroatoms. The Morgan fingerprint density at radius 2 is 1.69 bits per heavy atom. The van der Waals surface area contributed by atoms with Crippen molar-refractivity contribution in [2.24, 2.45) is 0 Å². The smallest absolute Gasteiger partial charge is 0.253 e. The van der Waals surface area contributed by atoms with Crippen molar-refractivity contribution < 1.29 is 14.0 Å². The first-order valence-corrected chi connectivity index (χ1v) is 10.5. The molecule has 3 N–H and O–H groups in total. The van der Waals surface area contributed by atoms with Gasteiger partial charge >= 0.3 is 0 Å². The number of H-pyrrole nitrogens is 1. The van der Waals surface area contributed by atoms with Gasteiger partial charge in [-0.2, -0.15) is 0 Å². The van der Waals surface area contributed by atoms with Gasteiger partial charge in [-0.15, -0.1) is 0 Å². The molecule has 0 saturated heterocycles. The van der Waals surface area contributed by atoms with Crippen molar-refractivity contribution in [2.45, 2.75) is 19.0 Å². The molecule has 4 aromatic rings. The molecule has 162 valence electrons. The van der Waals surface area contributed by atoms with Gasteiger partial charge in [0.1, 0.15) is 11.9 Å². The third-order valence-corrected chi connectivity index (χ3v) is 5.55. The normalized spacial score (nSPS) is 11.8. The number of hydrogen-bond donors (Lipinski definition) is 3.